The van der Waals surface area contributed by atoms with Gasteiger partial charge in [-0.15, -0.1) is 12.3 Å². The lowest BCUT2D eigenvalue weighted by atomic mass is 10.1. The van der Waals surface area contributed by atoms with E-state index < -0.39 is 0 Å². The van der Waals surface area contributed by atoms with Crippen LogP contribution >= 0.6 is 0 Å². The number of unbranched alkanes of at least 4 members (excludes halogenated alkanes) is 2. The van der Waals surface area contributed by atoms with Gasteiger partial charge in [0.1, 0.15) is 5.82 Å². The number of H-pyrrole nitrogens is 1. The minimum Gasteiger partial charge on any atom is -0.347 e. The lowest BCUT2D eigenvalue weighted by Gasteiger charge is -2.14. The Hall–Kier alpha value is -1.76. The summed E-state index contributed by atoms with van der Waals surface area (Å²) < 4.78 is 0. The summed E-state index contributed by atoms with van der Waals surface area (Å²) in [5.74, 6) is 3.44. The highest BCUT2D eigenvalue weighted by atomic mass is 16.1. The number of imidazole rings is 1. The molecule has 1 heterocycles. The van der Waals surface area contributed by atoms with Gasteiger partial charge in [-0.2, -0.15) is 0 Å². The maximum absolute atomic E-state index is 11.7. The topological polar surface area (TPSA) is 57.8 Å². The van der Waals surface area contributed by atoms with E-state index in [-0.39, 0.29) is 11.9 Å². The largest absolute Gasteiger partial charge is 0.347 e. The number of carbonyl (C=O) groups excluding carboxylic acids is 1. The average molecular weight is 233 g/mol. The van der Waals surface area contributed by atoms with Gasteiger partial charge in [-0.1, -0.05) is 6.92 Å². The molecule has 1 rings (SSSR count). The van der Waals surface area contributed by atoms with Crippen molar-refractivity contribution in [2.24, 2.45) is 0 Å². The van der Waals surface area contributed by atoms with Crippen molar-refractivity contribution in [3.05, 3.63) is 18.2 Å². The molecule has 17 heavy (non-hydrogen) atoms. The highest BCUT2D eigenvalue weighted by molar-refractivity contribution is 5.76. The predicted octanol–water partition coefficient (Wildman–Crippen LogP) is 2.17. The Balaban J connectivity index is 2.31. The summed E-state index contributed by atoms with van der Waals surface area (Å²) in [6.07, 6.45) is 12.4. The van der Waals surface area contributed by atoms with Gasteiger partial charge in [-0.05, 0) is 19.3 Å². The lowest BCUT2D eigenvalue weighted by molar-refractivity contribution is -0.122. The van der Waals surface area contributed by atoms with E-state index in [9.17, 15) is 4.79 Å². The number of nitrogens with one attached hydrogen (secondary N) is 2. The van der Waals surface area contributed by atoms with E-state index in [4.69, 9.17) is 6.42 Å². The zero-order valence-electron chi connectivity index (χ0n) is 10.2. The number of aromatic nitrogens is 2. The van der Waals surface area contributed by atoms with E-state index in [2.05, 4.69) is 21.2 Å². The van der Waals surface area contributed by atoms with Gasteiger partial charge in [-0.25, -0.2) is 4.98 Å². The Labute approximate surface area is 102 Å². The van der Waals surface area contributed by atoms with Crippen molar-refractivity contribution in [3.63, 3.8) is 0 Å². The number of terminal acetylenes is 1. The number of hydrogen-bond donors (Lipinski definition) is 2. The van der Waals surface area contributed by atoms with Crippen molar-refractivity contribution in [1.29, 1.82) is 0 Å². The number of carbonyl (C=O) groups is 1. The van der Waals surface area contributed by atoms with Crippen LogP contribution in [0.15, 0.2) is 12.4 Å². The zero-order chi connectivity index (χ0) is 12.5. The molecule has 1 aromatic rings. The van der Waals surface area contributed by atoms with Gasteiger partial charge in [0.15, 0.2) is 0 Å². The minimum absolute atomic E-state index is 0.0230. The molecule has 0 bridgehead atoms. The first-order chi connectivity index (χ1) is 8.27. The molecule has 0 fully saturated rings. The van der Waals surface area contributed by atoms with E-state index in [0.717, 1.165) is 31.5 Å². The Bertz CT molecular complexity index is 365. The molecule has 4 nitrogen and oxygen atoms in total. The molecular formula is C13H19N3O. The van der Waals surface area contributed by atoms with Crippen LogP contribution in [-0.4, -0.2) is 15.9 Å². The van der Waals surface area contributed by atoms with Crippen molar-refractivity contribution in [1.82, 2.24) is 15.3 Å². The van der Waals surface area contributed by atoms with Crippen LogP contribution in [-0.2, 0) is 4.79 Å². The third-order valence-corrected chi connectivity index (χ3v) is 2.57. The van der Waals surface area contributed by atoms with Gasteiger partial charge in [0, 0.05) is 25.2 Å². The van der Waals surface area contributed by atoms with E-state index in [1.165, 1.54) is 0 Å². The normalized spacial score (nSPS) is 11.8. The molecule has 0 aliphatic carbocycles. The number of amides is 1. The van der Waals surface area contributed by atoms with Crippen molar-refractivity contribution in [2.45, 2.75) is 45.1 Å². The molecule has 4 heteroatoms. The Morgan fingerprint density at radius 2 is 2.47 bits per heavy atom. The lowest BCUT2D eigenvalue weighted by Crippen LogP contribution is -2.28. The van der Waals surface area contributed by atoms with Crippen molar-refractivity contribution in [3.8, 4) is 12.3 Å². The molecule has 0 aliphatic rings. The monoisotopic (exact) mass is 233 g/mol. The maximum atomic E-state index is 11.7. The van der Waals surface area contributed by atoms with Crippen LogP contribution in [0.25, 0.3) is 0 Å². The number of hydrogen-bond acceptors (Lipinski definition) is 2. The second-order valence-electron chi connectivity index (χ2n) is 3.91. The summed E-state index contributed by atoms with van der Waals surface area (Å²) in [6, 6.07) is -0.0230. The van der Waals surface area contributed by atoms with Crippen LogP contribution in [0.1, 0.15) is 50.9 Å². The number of aromatic amines is 1. The first kappa shape index (κ1) is 13.3. The van der Waals surface area contributed by atoms with Crippen LogP contribution in [0.3, 0.4) is 0 Å². The second kappa shape index (κ2) is 7.50. The molecule has 0 spiro atoms. The summed E-state index contributed by atoms with van der Waals surface area (Å²) in [4.78, 5) is 18.8. The van der Waals surface area contributed by atoms with Crippen molar-refractivity contribution < 1.29 is 4.79 Å². The van der Waals surface area contributed by atoms with Gasteiger partial charge >= 0.3 is 0 Å². The Morgan fingerprint density at radius 3 is 3.06 bits per heavy atom. The first-order valence-corrected chi connectivity index (χ1v) is 6.00. The van der Waals surface area contributed by atoms with E-state index in [1.807, 2.05) is 6.92 Å². The SMILES string of the molecule is C#CCCCCC(=O)NC(CC)c1ncc[nH]1. The molecule has 1 aromatic heterocycles. The van der Waals surface area contributed by atoms with Crippen LogP contribution in [0.5, 0.6) is 0 Å². The van der Waals surface area contributed by atoms with Crippen LogP contribution in [0.4, 0.5) is 0 Å². The molecule has 92 valence electrons. The van der Waals surface area contributed by atoms with Gasteiger partial charge < -0.3 is 10.3 Å². The molecule has 1 atom stereocenters. The number of rotatable bonds is 7. The van der Waals surface area contributed by atoms with Crippen LogP contribution in [0.2, 0.25) is 0 Å². The summed E-state index contributed by atoms with van der Waals surface area (Å²) in [6.45, 7) is 2.02. The van der Waals surface area contributed by atoms with Gasteiger partial charge in [0.25, 0.3) is 0 Å². The van der Waals surface area contributed by atoms with Crippen LogP contribution < -0.4 is 5.32 Å². The fourth-order valence-corrected chi connectivity index (χ4v) is 1.61. The summed E-state index contributed by atoms with van der Waals surface area (Å²) >= 11 is 0. The maximum Gasteiger partial charge on any atom is 0.220 e. The first-order valence-electron chi connectivity index (χ1n) is 6.00. The molecule has 2 N–H and O–H groups in total. The number of nitrogens with zero attached hydrogens (tertiary/aromatic N) is 1. The minimum atomic E-state index is -0.0230. The Morgan fingerprint density at radius 1 is 1.65 bits per heavy atom. The summed E-state index contributed by atoms with van der Waals surface area (Å²) in [5, 5.41) is 2.96. The molecule has 1 unspecified atom stereocenters. The second-order valence-corrected chi connectivity index (χ2v) is 3.91. The fraction of sp³-hybridized carbons (Fsp3) is 0.538. The average Bonchev–Trinajstić information content (AvgIpc) is 2.85. The van der Waals surface area contributed by atoms with E-state index >= 15 is 0 Å². The van der Waals surface area contributed by atoms with E-state index in [1.54, 1.807) is 12.4 Å². The molecular weight excluding hydrogens is 214 g/mol. The van der Waals surface area contributed by atoms with Crippen molar-refractivity contribution >= 4 is 5.91 Å². The highest BCUT2D eigenvalue weighted by Crippen LogP contribution is 2.11. The molecule has 0 aromatic carbocycles. The third kappa shape index (κ3) is 4.73. The summed E-state index contributed by atoms with van der Waals surface area (Å²) in [5.41, 5.74) is 0. The van der Waals surface area contributed by atoms with Crippen LogP contribution in [0, 0.1) is 12.3 Å². The van der Waals surface area contributed by atoms with Crippen molar-refractivity contribution in [2.75, 3.05) is 0 Å². The fourth-order valence-electron chi connectivity index (χ4n) is 1.61. The molecule has 1 amide bonds. The van der Waals surface area contributed by atoms with Gasteiger partial charge in [0.05, 0.1) is 6.04 Å². The molecule has 0 radical (unpaired) electrons. The summed E-state index contributed by atoms with van der Waals surface area (Å²) in [7, 11) is 0. The van der Waals surface area contributed by atoms with Gasteiger partial charge in [-0.3, -0.25) is 4.79 Å². The zero-order valence-corrected chi connectivity index (χ0v) is 10.2. The third-order valence-electron chi connectivity index (χ3n) is 2.57. The van der Waals surface area contributed by atoms with Gasteiger partial charge in [0.2, 0.25) is 5.91 Å². The quantitative estimate of drug-likeness (QED) is 0.560. The molecule has 0 saturated heterocycles. The smallest absolute Gasteiger partial charge is 0.220 e. The highest BCUT2D eigenvalue weighted by Gasteiger charge is 2.13. The standard InChI is InChI=1S/C13H19N3O/c1-3-5-6-7-8-12(17)16-11(4-2)13-14-9-10-15-13/h1,9-11H,4-8H2,2H3,(H,14,15)(H,16,17). The van der Waals surface area contributed by atoms with E-state index in [0.29, 0.717) is 6.42 Å². The Kier molecular flexibility index (Phi) is 5.87. The molecule has 0 saturated carbocycles. The predicted molar refractivity (Wildman–Crippen MR) is 67.1 cm³/mol. The molecule has 0 aliphatic heterocycles.